The van der Waals surface area contributed by atoms with Crippen LogP contribution in [0.1, 0.15) is 5.56 Å². The van der Waals surface area contributed by atoms with Gasteiger partial charge in [-0.05, 0) is 35.2 Å². The molecule has 0 saturated heterocycles. The zero-order valence-electron chi connectivity index (χ0n) is 17.5. The van der Waals surface area contributed by atoms with Crippen LogP contribution in [0.25, 0.3) is 21.9 Å². The highest BCUT2D eigenvalue weighted by molar-refractivity contribution is 6.05. The summed E-state index contributed by atoms with van der Waals surface area (Å²) in [6.07, 6.45) is 1.12. The van der Waals surface area contributed by atoms with Crippen molar-refractivity contribution in [2.24, 2.45) is 0 Å². The van der Waals surface area contributed by atoms with Gasteiger partial charge < -0.3 is 34.1 Å². The highest BCUT2D eigenvalue weighted by atomic mass is 16.7. The van der Waals surface area contributed by atoms with Gasteiger partial charge in [0.05, 0.1) is 5.69 Å². The van der Waals surface area contributed by atoms with Gasteiger partial charge in [0, 0.05) is 42.3 Å². The lowest BCUT2D eigenvalue weighted by Crippen LogP contribution is -2.22. The van der Waals surface area contributed by atoms with E-state index in [1.54, 1.807) is 0 Å². The summed E-state index contributed by atoms with van der Waals surface area (Å²) in [5.41, 5.74) is 4.80. The van der Waals surface area contributed by atoms with Crippen molar-refractivity contribution in [1.29, 1.82) is 0 Å². The molecule has 0 bridgehead atoms. The van der Waals surface area contributed by atoms with Crippen LogP contribution in [0.2, 0.25) is 0 Å². The maximum Gasteiger partial charge on any atom is 0.328 e. The molecule has 0 fully saturated rings. The number of fused-ring (bicyclic) bond motifs is 8. The second-order valence-electron chi connectivity index (χ2n) is 7.58. The Kier molecular flexibility index (Phi) is 4.93. The number of hydrogen-bond acceptors (Lipinski definition) is 7. The molecule has 0 aliphatic carbocycles. The third-order valence-corrected chi connectivity index (χ3v) is 5.56. The summed E-state index contributed by atoms with van der Waals surface area (Å²) in [6, 6.07) is 12.6. The molecule has 0 unspecified atom stereocenters. The minimum Gasteiger partial charge on any atom is -0.478 e. The van der Waals surface area contributed by atoms with E-state index in [1.807, 2.05) is 6.07 Å². The van der Waals surface area contributed by atoms with Crippen molar-refractivity contribution in [3.05, 3.63) is 54.1 Å². The first kappa shape index (κ1) is 20.5. The molecule has 9 heteroatoms. The highest BCUT2D eigenvalue weighted by Gasteiger charge is 2.29. The third kappa shape index (κ3) is 3.63. The predicted molar refractivity (Wildman–Crippen MR) is 118 cm³/mol. The first-order chi connectivity index (χ1) is 15.9. The number of carboxylic acids is 2. The molecule has 9 nitrogen and oxygen atoms in total. The van der Waals surface area contributed by atoms with Gasteiger partial charge in [-0.3, -0.25) is 0 Å². The van der Waals surface area contributed by atoms with E-state index in [1.165, 1.54) is 27.8 Å². The van der Waals surface area contributed by atoms with E-state index in [0.717, 1.165) is 34.9 Å². The van der Waals surface area contributed by atoms with Crippen LogP contribution in [0.4, 0.5) is 5.69 Å². The van der Waals surface area contributed by atoms with Gasteiger partial charge in [0.15, 0.2) is 23.0 Å². The maximum atomic E-state index is 9.55. The second kappa shape index (κ2) is 7.94. The van der Waals surface area contributed by atoms with E-state index < -0.39 is 11.9 Å². The van der Waals surface area contributed by atoms with Crippen LogP contribution < -0.4 is 23.8 Å². The van der Waals surface area contributed by atoms with Crippen molar-refractivity contribution in [2.75, 3.05) is 25.5 Å². The van der Waals surface area contributed by atoms with Crippen molar-refractivity contribution in [2.45, 2.75) is 6.54 Å². The summed E-state index contributed by atoms with van der Waals surface area (Å²) >= 11 is 0. The Bertz CT molecular complexity index is 1310. The SMILES string of the molecule is CN1Cc2c(ccc3c2OCO3)-c2ccc3cc4c(cc3c21)OCO4.O=C(O)/C=C/C(=O)O. The number of aliphatic carboxylic acids is 2. The van der Waals surface area contributed by atoms with Crippen LogP contribution in [0, 0.1) is 0 Å². The predicted octanol–water partition coefficient (Wildman–Crippen LogP) is 3.63. The number of rotatable bonds is 2. The molecule has 3 aromatic rings. The van der Waals surface area contributed by atoms with Crippen molar-refractivity contribution >= 4 is 28.4 Å². The summed E-state index contributed by atoms with van der Waals surface area (Å²) in [4.78, 5) is 21.4. The number of nitrogens with zero attached hydrogens (tertiary/aromatic N) is 1. The minimum absolute atomic E-state index is 0.288. The zero-order chi connectivity index (χ0) is 23.1. The van der Waals surface area contributed by atoms with E-state index in [2.05, 4.69) is 42.3 Å². The molecule has 2 N–H and O–H groups in total. The van der Waals surface area contributed by atoms with Crippen LogP contribution in [0.3, 0.4) is 0 Å². The van der Waals surface area contributed by atoms with Gasteiger partial charge in [0.1, 0.15) is 0 Å². The number of benzene rings is 3. The highest BCUT2D eigenvalue weighted by Crippen LogP contribution is 2.50. The molecule has 3 heterocycles. The largest absolute Gasteiger partial charge is 0.478 e. The lowest BCUT2D eigenvalue weighted by Gasteiger charge is -2.31. The summed E-state index contributed by atoms with van der Waals surface area (Å²) in [7, 11) is 2.11. The van der Waals surface area contributed by atoms with Crippen molar-refractivity contribution in [3.8, 4) is 34.1 Å². The summed E-state index contributed by atoms with van der Waals surface area (Å²) in [5, 5.41) is 18.0. The Morgan fingerprint density at radius 2 is 1.48 bits per heavy atom. The Morgan fingerprint density at radius 1 is 0.848 bits per heavy atom. The normalized spacial score (nSPS) is 14.5. The quantitative estimate of drug-likeness (QED) is 0.566. The van der Waals surface area contributed by atoms with Crippen molar-refractivity contribution in [3.63, 3.8) is 0 Å². The molecule has 6 rings (SSSR count). The molecule has 3 aliphatic rings. The molecule has 0 aromatic heterocycles. The van der Waals surface area contributed by atoms with E-state index in [4.69, 9.17) is 29.2 Å². The first-order valence-electron chi connectivity index (χ1n) is 10.1. The Labute approximate surface area is 188 Å². The molecule has 0 spiro atoms. The Hall–Kier alpha value is -4.40. The Balaban J connectivity index is 0.000000249. The molecule has 3 aromatic carbocycles. The third-order valence-electron chi connectivity index (χ3n) is 5.56. The lowest BCUT2D eigenvalue weighted by molar-refractivity contribution is -0.134. The fourth-order valence-electron chi connectivity index (χ4n) is 4.22. The van der Waals surface area contributed by atoms with Crippen LogP contribution in [-0.2, 0) is 16.1 Å². The molecule has 0 atom stereocenters. The van der Waals surface area contributed by atoms with Crippen LogP contribution >= 0.6 is 0 Å². The summed E-state index contributed by atoms with van der Waals surface area (Å²) < 4.78 is 22.4. The molecule has 0 saturated carbocycles. The topological polar surface area (TPSA) is 115 Å². The number of carbonyl (C=O) groups is 2. The Morgan fingerprint density at radius 3 is 2.21 bits per heavy atom. The summed E-state index contributed by atoms with van der Waals surface area (Å²) in [6.45, 7) is 1.36. The van der Waals surface area contributed by atoms with E-state index in [9.17, 15) is 9.59 Å². The molecular formula is C24H19NO8. The minimum atomic E-state index is -1.26. The average Bonchev–Trinajstić information content (AvgIpc) is 3.45. The molecule has 33 heavy (non-hydrogen) atoms. The van der Waals surface area contributed by atoms with Gasteiger partial charge in [0.2, 0.25) is 13.6 Å². The summed E-state index contributed by atoms with van der Waals surface area (Å²) in [5.74, 6) is 0.820. The van der Waals surface area contributed by atoms with Gasteiger partial charge in [0.25, 0.3) is 0 Å². The lowest BCUT2D eigenvalue weighted by atomic mass is 9.90. The molecule has 0 radical (unpaired) electrons. The van der Waals surface area contributed by atoms with Gasteiger partial charge in [-0.1, -0.05) is 12.1 Å². The molecule has 3 aliphatic heterocycles. The average molecular weight is 449 g/mol. The van der Waals surface area contributed by atoms with E-state index >= 15 is 0 Å². The van der Waals surface area contributed by atoms with Gasteiger partial charge in [-0.25, -0.2) is 9.59 Å². The maximum absolute atomic E-state index is 9.55. The monoisotopic (exact) mass is 449 g/mol. The number of carboxylic acid groups (broad SMARTS) is 2. The van der Waals surface area contributed by atoms with E-state index in [-0.39, 0.29) is 6.79 Å². The number of ether oxygens (including phenoxy) is 4. The standard InChI is InChI=1S/C20H15NO4.C4H4O4/c1-21-8-15-12(4-5-16-20(15)25-10-22-16)13-3-2-11-6-17-18(24-9-23-17)7-14(11)19(13)21;5-3(6)1-2-4(7)8/h2-7H,8-10H2,1H3;1-2H,(H,5,6)(H,7,8)/b;2-1+. The van der Waals surface area contributed by atoms with Gasteiger partial charge >= 0.3 is 11.9 Å². The fraction of sp³-hybridized carbons (Fsp3) is 0.167. The first-order valence-corrected chi connectivity index (χ1v) is 10.1. The van der Waals surface area contributed by atoms with Gasteiger partial charge in [-0.2, -0.15) is 0 Å². The van der Waals surface area contributed by atoms with Crippen LogP contribution in [0.15, 0.2) is 48.6 Å². The molecule has 0 amide bonds. The van der Waals surface area contributed by atoms with Crippen LogP contribution in [0.5, 0.6) is 23.0 Å². The number of anilines is 1. The second-order valence-corrected chi connectivity index (χ2v) is 7.58. The smallest absolute Gasteiger partial charge is 0.328 e. The van der Waals surface area contributed by atoms with Crippen molar-refractivity contribution < 1.29 is 38.7 Å². The van der Waals surface area contributed by atoms with Gasteiger partial charge in [-0.15, -0.1) is 0 Å². The van der Waals surface area contributed by atoms with Crippen LogP contribution in [-0.4, -0.2) is 42.8 Å². The molecule has 168 valence electrons. The van der Waals surface area contributed by atoms with Crippen molar-refractivity contribution in [1.82, 2.24) is 0 Å². The molecular weight excluding hydrogens is 430 g/mol. The fourth-order valence-corrected chi connectivity index (χ4v) is 4.22. The van der Waals surface area contributed by atoms with E-state index in [0.29, 0.717) is 18.9 Å². The number of hydrogen-bond donors (Lipinski definition) is 2. The zero-order valence-corrected chi connectivity index (χ0v) is 17.5.